The lowest BCUT2D eigenvalue weighted by molar-refractivity contribution is -0.0667. The molecule has 0 amide bonds. The van der Waals surface area contributed by atoms with Gasteiger partial charge >= 0.3 is 0 Å². The molecule has 0 radical (unpaired) electrons. The van der Waals surface area contributed by atoms with Gasteiger partial charge in [0.1, 0.15) is 0 Å². The van der Waals surface area contributed by atoms with Crippen LogP contribution < -0.4 is 5.73 Å². The molecule has 1 aromatic rings. The van der Waals surface area contributed by atoms with Gasteiger partial charge in [-0.05, 0) is 98.3 Å². The predicted molar refractivity (Wildman–Crippen MR) is 83.8 cm³/mol. The predicted octanol–water partition coefficient (Wildman–Crippen LogP) is 4.10. The molecule has 4 saturated carbocycles. The van der Waals surface area contributed by atoms with Gasteiger partial charge in [0.2, 0.25) is 0 Å². The number of hydrogen-bond donors (Lipinski definition) is 1. The second-order valence-electron chi connectivity index (χ2n) is 8.24. The van der Waals surface area contributed by atoms with E-state index in [9.17, 15) is 0 Å². The van der Waals surface area contributed by atoms with Crippen molar-refractivity contribution in [3.63, 3.8) is 0 Å². The Bertz CT molecular complexity index is 531. The third-order valence-electron chi connectivity index (χ3n) is 6.73. The minimum Gasteiger partial charge on any atom is -0.330 e. The Morgan fingerprint density at radius 3 is 2.35 bits per heavy atom. The van der Waals surface area contributed by atoms with E-state index in [4.69, 9.17) is 5.73 Å². The Kier molecular flexibility index (Phi) is 2.64. The van der Waals surface area contributed by atoms with Crippen LogP contribution in [0, 0.1) is 31.1 Å². The number of rotatable bonds is 2. The van der Waals surface area contributed by atoms with Gasteiger partial charge in [0, 0.05) is 0 Å². The van der Waals surface area contributed by atoms with Crippen LogP contribution in [0.3, 0.4) is 0 Å². The first-order valence-corrected chi connectivity index (χ1v) is 8.32. The van der Waals surface area contributed by atoms with Crippen LogP contribution in [0.15, 0.2) is 18.2 Å². The smallest absolute Gasteiger partial charge is 0.00200 e. The average molecular weight is 269 g/mol. The molecule has 20 heavy (non-hydrogen) atoms. The summed E-state index contributed by atoms with van der Waals surface area (Å²) in [6.07, 6.45) is 8.50. The maximum absolute atomic E-state index is 6.22. The lowest BCUT2D eigenvalue weighted by atomic mass is 9.43. The van der Waals surface area contributed by atoms with E-state index < -0.39 is 0 Å². The number of aryl methyl sites for hydroxylation is 2. The Morgan fingerprint density at radius 2 is 1.75 bits per heavy atom. The molecule has 2 unspecified atom stereocenters. The zero-order valence-corrected chi connectivity index (χ0v) is 12.9. The molecule has 0 spiro atoms. The van der Waals surface area contributed by atoms with E-state index in [0.29, 0.717) is 10.8 Å². The van der Waals surface area contributed by atoms with Gasteiger partial charge < -0.3 is 5.73 Å². The fourth-order valence-corrected chi connectivity index (χ4v) is 6.10. The highest BCUT2D eigenvalue weighted by atomic mass is 14.7. The van der Waals surface area contributed by atoms with E-state index in [1.54, 1.807) is 5.56 Å². The Hall–Kier alpha value is -0.820. The summed E-state index contributed by atoms with van der Waals surface area (Å²) in [5, 5.41) is 0. The van der Waals surface area contributed by atoms with Crippen molar-refractivity contribution in [2.45, 2.75) is 57.8 Å². The summed E-state index contributed by atoms with van der Waals surface area (Å²) in [6.45, 7) is 5.39. The van der Waals surface area contributed by atoms with Gasteiger partial charge in [0.05, 0.1) is 0 Å². The van der Waals surface area contributed by atoms with Crippen LogP contribution in [0.25, 0.3) is 0 Å². The molecule has 0 heterocycles. The molecule has 4 aliphatic carbocycles. The van der Waals surface area contributed by atoms with Gasteiger partial charge in [-0.3, -0.25) is 0 Å². The van der Waals surface area contributed by atoms with Crippen molar-refractivity contribution < 1.29 is 0 Å². The van der Waals surface area contributed by atoms with Crippen molar-refractivity contribution in [1.82, 2.24) is 0 Å². The van der Waals surface area contributed by atoms with Crippen molar-refractivity contribution in [2.75, 3.05) is 6.54 Å². The third-order valence-corrected chi connectivity index (χ3v) is 6.73. The summed E-state index contributed by atoms with van der Waals surface area (Å²) in [5.41, 5.74) is 11.7. The normalized spacial score (nSPS) is 42.1. The molecule has 1 nitrogen and oxygen atoms in total. The van der Waals surface area contributed by atoms with E-state index in [0.717, 1.165) is 18.4 Å². The minimum absolute atomic E-state index is 0.460. The van der Waals surface area contributed by atoms with Crippen molar-refractivity contribution >= 4 is 0 Å². The molecular formula is C19H27N. The van der Waals surface area contributed by atoms with Crippen LogP contribution in [0.2, 0.25) is 0 Å². The first-order chi connectivity index (χ1) is 9.54. The zero-order valence-electron chi connectivity index (χ0n) is 12.9. The maximum Gasteiger partial charge on any atom is -0.00200 e. The summed E-state index contributed by atoms with van der Waals surface area (Å²) in [4.78, 5) is 0. The molecule has 4 fully saturated rings. The molecule has 2 N–H and O–H groups in total. The van der Waals surface area contributed by atoms with Crippen LogP contribution in [-0.4, -0.2) is 6.54 Å². The van der Waals surface area contributed by atoms with E-state index >= 15 is 0 Å². The zero-order chi connectivity index (χ0) is 14.0. The van der Waals surface area contributed by atoms with Crippen LogP contribution in [0.4, 0.5) is 0 Å². The number of nitrogens with two attached hydrogens (primary N) is 1. The standard InChI is InChI=1S/C19H27N/c1-13-3-4-17(5-14(13)2)19-9-15-6-16(10-19)8-18(7-15,11-19)12-20/h3-5,15-16H,6-12,20H2,1-2H3/t15-,16+,18?,19?. The van der Waals surface area contributed by atoms with Crippen LogP contribution in [0.5, 0.6) is 0 Å². The Balaban J connectivity index is 1.78. The third kappa shape index (κ3) is 1.72. The Labute approximate surface area is 122 Å². The van der Waals surface area contributed by atoms with E-state index in [2.05, 4.69) is 32.0 Å². The fraction of sp³-hybridized carbons (Fsp3) is 0.684. The molecular weight excluding hydrogens is 242 g/mol. The lowest BCUT2D eigenvalue weighted by Gasteiger charge is -2.62. The van der Waals surface area contributed by atoms with E-state index in [-0.39, 0.29) is 0 Å². The molecule has 4 bridgehead atoms. The summed E-state index contributed by atoms with van der Waals surface area (Å²) in [6, 6.07) is 7.23. The van der Waals surface area contributed by atoms with Gasteiger partial charge in [0.25, 0.3) is 0 Å². The SMILES string of the molecule is Cc1ccc(C23C[C@@H]4C[C@@H](CC(CN)(C4)C2)C3)cc1C. The fourth-order valence-electron chi connectivity index (χ4n) is 6.10. The molecule has 1 aromatic carbocycles. The monoisotopic (exact) mass is 269 g/mol. The Morgan fingerprint density at radius 1 is 1.05 bits per heavy atom. The van der Waals surface area contributed by atoms with Crippen LogP contribution in [0.1, 0.15) is 55.2 Å². The highest BCUT2D eigenvalue weighted by Crippen LogP contribution is 2.65. The summed E-state index contributed by atoms with van der Waals surface area (Å²) < 4.78 is 0. The molecule has 0 aromatic heterocycles. The van der Waals surface area contributed by atoms with Crippen molar-refractivity contribution in [2.24, 2.45) is 23.0 Å². The molecule has 4 aliphatic rings. The van der Waals surface area contributed by atoms with Crippen molar-refractivity contribution in [1.29, 1.82) is 0 Å². The second-order valence-corrected chi connectivity index (χ2v) is 8.24. The molecule has 0 aliphatic heterocycles. The van der Waals surface area contributed by atoms with Gasteiger partial charge in [-0.15, -0.1) is 0 Å². The largest absolute Gasteiger partial charge is 0.330 e. The van der Waals surface area contributed by atoms with E-state index in [1.165, 1.54) is 49.7 Å². The lowest BCUT2D eigenvalue weighted by Crippen LogP contribution is -2.56. The van der Waals surface area contributed by atoms with Crippen molar-refractivity contribution in [3.05, 3.63) is 34.9 Å². The van der Waals surface area contributed by atoms with E-state index in [1.807, 2.05) is 0 Å². The van der Waals surface area contributed by atoms with Gasteiger partial charge in [0.15, 0.2) is 0 Å². The topological polar surface area (TPSA) is 26.0 Å². The molecule has 5 rings (SSSR count). The minimum atomic E-state index is 0.460. The molecule has 4 atom stereocenters. The van der Waals surface area contributed by atoms with Crippen molar-refractivity contribution in [3.8, 4) is 0 Å². The number of hydrogen-bond acceptors (Lipinski definition) is 1. The summed E-state index contributed by atoms with van der Waals surface area (Å²) in [5.74, 6) is 1.89. The second kappa shape index (κ2) is 4.10. The van der Waals surface area contributed by atoms with Crippen LogP contribution >= 0.6 is 0 Å². The van der Waals surface area contributed by atoms with Gasteiger partial charge in [-0.2, -0.15) is 0 Å². The summed E-state index contributed by atoms with van der Waals surface area (Å²) >= 11 is 0. The maximum atomic E-state index is 6.22. The summed E-state index contributed by atoms with van der Waals surface area (Å²) in [7, 11) is 0. The molecule has 1 heteroatoms. The van der Waals surface area contributed by atoms with Crippen LogP contribution in [-0.2, 0) is 5.41 Å². The molecule has 108 valence electrons. The van der Waals surface area contributed by atoms with Gasteiger partial charge in [-0.1, -0.05) is 18.2 Å². The first kappa shape index (κ1) is 12.9. The van der Waals surface area contributed by atoms with Gasteiger partial charge in [-0.25, -0.2) is 0 Å². The average Bonchev–Trinajstić information content (AvgIpc) is 2.40. The highest BCUT2D eigenvalue weighted by molar-refractivity contribution is 5.37. The highest BCUT2D eigenvalue weighted by Gasteiger charge is 2.57. The quantitative estimate of drug-likeness (QED) is 0.859. The number of benzene rings is 1. The molecule has 0 saturated heterocycles. The first-order valence-electron chi connectivity index (χ1n) is 8.32.